The van der Waals surface area contributed by atoms with Crippen molar-refractivity contribution in [1.29, 1.82) is 0 Å². The van der Waals surface area contributed by atoms with Crippen molar-refractivity contribution in [2.24, 2.45) is 0 Å². The molecule has 0 aliphatic carbocycles. The number of amides is 2. The first-order valence-corrected chi connectivity index (χ1v) is 6.77. The van der Waals surface area contributed by atoms with Crippen molar-refractivity contribution >= 4 is 23.9 Å². The average molecular weight is 332 g/mol. The number of carbonyl (C=O) groups is 3. The maximum atomic E-state index is 12.7. The quantitative estimate of drug-likeness (QED) is 0.490. The molecule has 24 heavy (non-hydrogen) atoms. The molecule has 8 heteroatoms. The van der Waals surface area contributed by atoms with Crippen LogP contribution in [-0.4, -0.2) is 24.4 Å². The van der Waals surface area contributed by atoms with E-state index in [1.807, 2.05) is 0 Å². The summed E-state index contributed by atoms with van der Waals surface area (Å²) in [5, 5.41) is 0. The fraction of sp³-hybridized carbons (Fsp3) is 0.0625. The molecule has 0 unspecified atom stereocenters. The standard InChI is InChI=1S/C16H13FN2O5/c17-12-6-3-11(4-7-12)5-8-15(21)24-10-14(20)18-19-16(22)13-2-1-9-23-13/h1-9H,10H2,(H,18,20)(H,19,22)/b8-5+. The second kappa shape index (κ2) is 8.28. The van der Waals surface area contributed by atoms with E-state index in [2.05, 4.69) is 15.6 Å². The average Bonchev–Trinajstić information content (AvgIpc) is 3.12. The van der Waals surface area contributed by atoms with Crippen LogP contribution in [0.3, 0.4) is 0 Å². The van der Waals surface area contributed by atoms with Gasteiger partial charge in [-0.1, -0.05) is 12.1 Å². The zero-order valence-corrected chi connectivity index (χ0v) is 12.3. The van der Waals surface area contributed by atoms with Gasteiger partial charge in [-0.15, -0.1) is 0 Å². The van der Waals surface area contributed by atoms with Crippen molar-refractivity contribution < 1.29 is 27.9 Å². The number of rotatable bonds is 5. The molecule has 0 bridgehead atoms. The van der Waals surface area contributed by atoms with Crippen molar-refractivity contribution in [3.63, 3.8) is 0 Å². The van der Waals surface area contributed by atoms with Crippen LogP contribution in [0.4, 0.5) is 4.39 Å². The third kappa shape index (κ3) is 5.41. The smallest absolute Gasteiger partial charge is 0.331 e. The van der Waals surface area contributed by atoms with Gasteiger partial charge in [0.05, 0.1) is 6.26 Å². The van der Waals surface area contributed by atoms with Crippen LogP contribution in [0.1, 0.15) is 16.1 Å². The van der Waals surface area contributed by atoms with Gasteiger partial charge in [-0.3, -0.25) is 20.4 Å². The van der Waals surface area contributed by atoms with Crippen LogP contribution >= 0.6 is 0 Å². The van der Waals surface area contributed by atoms with Gasteiger partial charge in [0.2, 0.25) is 0 Å². The van der Waals surface area contributed by atoms with Crippen molar-refractivity contribution in [2.45, 2.75) is 0 Å². The molecule has 124 valence electrons. The van der Waals surface area contributed by atoms with E-state index >= 15 is 0 Å². The summed E-state index contributed by atoms with van der Waals surface area (Å²) in [6.45, 7) is -0.578. The Morgan fingerprint density at radius 1 is 1.12 bits per heavy atom. The Morgan fingerprint density at radius 2 is 1.88 bits per heavy atom. The summed E-state index contributed by atoms with van der Waals surface area (Å²) >= 11 is 0. The van der Waals surface area contributed by atoms with Gasteiger partial charge in [-0.25, -0.2) is 9.18 Å². The molecule has 2 rings (SSSR count). The van der Waals surface area contributed by atoms with Gasteiger partial charge in [0.1, 0.15) is 5.82 Å². The number of hydrazine groups is 1. The Balaban J connectivity index is 1.70. The minimum Gasteiger partial charge on any atom is -0.459 e. The zero-order valence-electron chi connectivity index (χ0n) is 12.3. The highest BCUT2D eigenvalue weighted by atomic mass is 19.1. The van der Waals surface area contributed by atoms with Crippen molar-refractivity contribution in [1.82, 2.24) is 10.9 Å². The van der Waals surface area contributed by atoms with Crippen LogP contribution in [-0.2, 0) is 14.3 Å². The fourth-order valence-corrected chi connectivity index (χ4v) is 1.55. The number of benzene rings is 1. The van der Waals surface area contributed by atoms with Crippen molar-refractivity contribution in [2.75, 3.05) is 6.61 Å². The Hall–Kier alpha value is -3.42. The summed E-state index contributed by atoms with van der Waals surface area (Å²) in [5.74, 6) is -2.49. The molecule has 7 nitrogen and oxygen atoms in total. The zero-order chi connectivity index (χ0) is 17.4. The van der Waals surface area contributed by atoms with Gasteiger partial charge in [0.25, 0.3) is 5.91 Å². The summed E-state index contributed by atoms with van der Waals surface area (Å²) in [4.78, 5) is 34.3. The minimum atomic E-state index is -0.758. The van der Waals surface area contributed by atoms with Crippen molar-refractivity contribution in [3.05, 3.63) is 65.9 Å². The second-order valence-electron chi connectivity index (χ2n) is 4.47. The number of ether oxygens (including phenoxy) is 1. The predicted octanol–water partition coefficient (Wildman–Crippen LogP) is 1.44. The Bertz CT molecular complexity index is 738. The lowest BCUT2D eigenvalue weighted by Crippen LogP contribution is -2.43. The van der Waals surface area contributed by atoms with E-state index in [0.29, 0.717) is 5.56 Å². The first kappa shape index (κ1) is 16.9. The Morgan fingerprint density at radius 3 is 2.54 bits per heavy atom. The van der Waals surface area contributed by atoms with Crippen LogP contribution in [0.5, 0.6) is 0 Å². The molecule has 0 saturated heterocycles. The van der Waals surface area contributed by atoms with Crippen molar-refractivity contribution in [3.8, 4) is 0 Å². The molecule has 0 radical (unpaired) electrons. The molecule has 0 saturated carbocycles. The Kier molecular flexibility index (Phi) is 5.84. The second-order valence-corrected chi connectivity index (χ2v) is 4.47. The normalized spacial score (nSPS) is 10.4. The van der Waals surface area contributed by atoms with Crippen LogP contribution in [0.15, 0.2) is 53.2 Å². The topological polar surface area (TPSA) is 97.6 Å². The van der Waals surface area contributed by atoms with Gasteiger partial charge < -0.3 is 9.15 Å². The Labute approximate surface area is 136 Å². The van der Waals surface area contributed by atoms with Crippen LogP contribution < -0.4 is 10.9 Å². The lowest BCUT2D eigenvalue weighted by atomic mass is 10.2. The van der Waals surface area contributed by atoms with Crippen LogP contribution in [0.25, 0.3) is 6.08 Å². The predicted molar refractivity (Wildman–Crippen MR) is 80.7 cm³/mol. The number of hydrogen-bond acceptors (Lipinski definition) is 5. The fourth-order valence-electron chi connectivity index (χ4n) is 1.55. The number of carbonyl (C=O) groups excluding carboxylic acids is 3. The number of furan rings is 1. The summed E-state index contributed by atoms with van der Waals surface area (Å²) in [6, 6.07) is 8.40. The highest BCUT2D eigenvalue weighted by molar-refractivity contribution is 5.93. The van der Waals surface area contributed by atoms with Crippen LogP contribution in [0, 0.1) is 5.82 Å². The summed E-state index contributed by atoms with van der Waals surface area (Å²) in [6.07, 6.45) is 3.83. The van der Waals surface area contributed by atoms with Gasteiger partial charge >= 0.3 is 11.9 Å². The maximum absolute atomic E-state index is 12.7. The SMILES string of the molecule is O=C(COC(=O)/C=C/c1ccc(F)cc1)NNC(=O)c1ccco1. The minimum absolute atomic E-state index is 0.0227. The lowest BCUT2D eigenvalue weighted by Gasteiger charge is -2.05. The highest BCUT2D eigenvalue weighted by Gasteiger charge is 2.10. The van der Waals surface area contributed by atoms with Gasteiger partial charge in [-0.2, -0.15) is 0 Å². The van der Waals surface area contributed by atoms with Gasteiger partial charge in [-0.05, 0) is 35.9 Å². The molecule has 0 fully saturated rings. The van der Waals surface area contributed by atoms with E-state index in [-0.39, 0.29) is 11.6 Å². The highest BCUT2D eigenvalue weighted by Crippen LogP contribution is 2.04. The molecule has 0 atom stereocenters. The molecular weight excluding hydrogens is 319 g/mol. The number of halogens is 1. The monoisotopic (exact) mass is 332 g/mol. The van der Waals surface area contributed by atoms with Crippen LogP contribution in [0.2, 0.25) is 0 Å². The van der Waals surface area contributed by atoms with E-state index in [9.17, 15) is 18.8 Å². The molecule has 2 aromatic rings. The maximum Gasteiger partial charge on any atom is 0.331 e. The molecule has 1 heterocycles. The molecule has 0 aliphatic heterocycles. The molecule has 1 aromatic carbocycles. The van der Waals surface area contributed by atoms with E-state index in [4.69, 9.17) is 4.42 Å². The molecule has 1 aromatic heterocycles. The molecular formula is C16H13FN2O5. The number of nitrogens with one attached hydrogen (secondary N) is 2. The molecule has 0 aliphatic rings. The number of hydrogen-bond donors (Lipinski definition) is 2. The van der Waals surface area contributed by atoms with E-state index < -0.39 is 24.4 Å². The summed E-state index contributed by atoms with van der Waals surface area (Å²) in [7, 11) is 0. The molecule has 2 amide bonds. The first-order chi connectivity index (χ1) is 11.5. The lowest BCUT2D eigenvalue weighted by molar-refractivity contribution is -0.144. The molecule has 0 spiro atoms. The largest absolute Gasteiger partial charge is 0.459 e. The van der Waals surface area contributed by atoms with E-state index in [1.54, 1.807) is 0 Å². The van der Waals surface area contributed by atoms with E-state index in [1.165, 1.54) is 48.7 Å². The number of esters is 1. The van der Waals surface area contributed by atoms with Gasteiger partial charge in [0, 0.05) is 6.08 Å². The third-order valence-electron chi connectivity index (χ3n) is 2.69. The summed E-state index contributed by atoms with van der Waals surface area (Å²) in [5.41, 5.74) is 4.76. The third-order valence-corrected chi connectivity index (χ3v) is 2.69. The van der Waals surface area contributed by atoms with Gasteiger partial charge in [0.15, 0.2) is 12.4 Å². The summed E-state index contributed by atoms with van der Waals surface area (Å²) < 4.78 is 22.2. The first-order valence-electron chi connectivity index (χ1n) is 6.77. The van der Waals surface area contributed by atoms with E-state index in [0.717, 1.165) is 6.08 Å². The molecule has 2 N–H and O–H groups in total.